The van der Waals surface area contributed by atoms with Crippen molar-refractivity contribution in [1.29, 1.82) is 0 Å². The monoisotopic (exact) mass is 503 g/mol. The van der Waals surface area contributed by atoms with Gasteiger partial charge >= 0.3 is 5.97 Å². The Labute approximate surface area is 211 Å². The number of ether oxygens (including phenoxy) is 2. The summed E-state index contributed by atoms with van der Waals surface area (Å²) >= 11 is 13.8. The minimum Gasteiger partial charge on any atom is -0.482 e. The third kappa shape index (κ3) is 5.69. The van der Waals surface area contributed by atoms with E-state index in [1.165, 1.54) is 19.3 Å². The van der Waals surface area contributed by atoms with E-state index >= 15 is 0 Å². The van der Waals surface area contributed by atoms with Crippen LogP contribution >= 0.6 is 23.2 Å². The Morgan fingerprint density at radius 2 is 1.71 bits per heavy atom. The molecular formula is C27H31Cl2NO4. The van der Waals surface area contributed by atoms with Crippen molar-refractivity contribution >= 4 is 35.1 Å². The number of amides is 1. The van der Waals surface area contributed by atoms with Gasteiger partial charge in [-0.2, -0.15) is 0 Å². The second-order valence-corrected chi connectivity index (χ2v) is 9.90. The predicted octanol–water partition coefficient (Wildman–Crippen LogP) is 6.40. The van der Waals surface area contributed by atoms with Crippen LogP contribution in [0.3, 0.4) is 0 Å². The van der Waals surface area contributed by atoms with Crippen molar-refractivity contribution in [3.8, 4) is 16.9 Å². The number of benzene rings is 2. The highest BCUT2D eigenvalue weighted by Crippen LogP contribution is 2.48. The van der Waals surface area contributed by atoms with Crippen LogP contribution in [-0.4, -0.2) is 31.6 Å². The fraction of sp³-hybridized carbons (Fsp3) is 0.481. The zero-order chi connectivity index (χ0) is 24.1. The third-order valence-corrected chi connectivity index (χ3v) is 7.57. The van der Waals surface area contributed by atoms with Crippen LogP contribution < -0.4 is 10.1 Å². The van der Waals surface area contributed by atoms with Gasteiger partial charge in [-0.3, -0.25) is 4.79 Å². The molecule has 1 amide bonds. The maximum Gasteiger partial charge on any atom is 0.344 e. The molecule has 1 heterocycles. The average molecular weight is 504 g/mol. The molecule has 4 rings (SSSR count). The van der Waals surface area contributed by atoms with Crippen molar-refractivity contribution < 1.29 is 19.1 Å². The number of carbonyl (C=O) groups excluding carboxylic acids is 2. The Balaban J connectivity index is 1.58. The highest BCUT2D eigenvalue weighted by Gasteiger charge is 2.40. The maximum atomic E-state index is 12.7. The van der Waals surface area contributed by atoms with Crippen LogP contribution in [0.15, 0.2) is 36.4 Å². The zero-order valence-corrected chi connectivity index (χ0v) is 21.0. The highest BCUT2D eigenvalue weighted by atomic mass is 35.5. The summed E-state index contributed by atoms with van der Waals surface area (Å²) < 4.78 is 10.4. The molecular weight excluding hydrogens is 473 g/mol. The molecule has 1 saturated carbocycles. The summed E-state index contributed by atoms with van der Waals surface area (Å²) in [6.07, 6.45) is 6.66. The van der Waals surface area contributed by atoms with Gasteiger partial charge in [-0.05, 0) is 73.1 Å². The molecule has 7 heteroatoms. The van der Waals surface area contributed by atoms with Gasteiger partial charge in [0.15, 0.2) is 6.61 Å². The number of rotatable bonds is 8. The van der Waals surface area contributed by atoms with Crippen LogP contribution in [0.1, 0.15) is 56.9 Å². The molecule has 2 aromatic carbocycles. The first-order valence-corrected chi connectivity index (χ1v) is 12.9. The first-order valence-electron chi connectivity index (χ1n) is 12.1. The van der Waals surface area contributed by atoms with Crippen LogP contribution in [0.25, 0.3) is 11.1 Å². The quantitative estimate of drug-likeness (QED) is 0.423. The Morgan fingerprint density at radius 1 is 1.03 bits per heavy atom. The van der Waals surface area contributed by atoms with Crippen molar-refractivity contribution in [2.75, 3.05) is 19.8 Å². The van der Waals surface area contributed by atoms with E-state index in [0.717, 1.165) is 36.0 Å². The SMILES string of the molecule is CCOC(=O)COc1ccc(-c2cc(Cl)c(C(C3CCCCC3)C3CCNC3=O)c(Cl)c2)cc1. The molecule has 2 aromatic rings. The molecule has 2 atom stereocenters. The fourth-order valence-corrected chi connectivity index (χ4v) is 6.11. The largest absolute Gasteiger partial charge is 0.482 e. The van der Waals surface area contributed by atoms with E-state index in [1.807, 2.05) is 24.3 Å². The summed E-state index contributed by atoms with van der Waals surface area (Å²) in [5.74, 6) is 0.666. The van der Waals surface area contributed by atoms with Crippen LogP contribution in [0.5, 0.6) is 5.75 Å². The van der Waals surface area contributed by atoms with Gasteiger partial charge in [-0.25, -0.2) is 4.79 Å². The second-order valence-electron chi connectivity index (χ2n) is 9.08. The topological polar surface area (TPSA) is 64.6 Å². The van der Waals surface area contributed by atoms with E-state index in [4.69, 9.17) is 32.7 Å². The van der Waals surface area contributed by atoms with Crippen LogP contribution in [-0.2, 0) is 14.3 Å². The number of esters is 1. The average Bonchev–Trinajstić information content (AvgIpc) is 3.26. The molecule has 1 N–H and O–H groups in total. The highest BCUT2D eigenvalue weighted by molar-refractivity contribution is 6.36. The number of nitrogens with one attached hydrogen (secondary N) is 1. The third-order valence-electron chi connectivity index (χ3n) is 6.94. The molecule has 2 fully saturated rings. The second kappa shape index (κ2) is 11.5. The van der Waals surface area contributed by atoms with E-state index in [1.54, 1.807) is 19.1 Å². The Kier molecular flexibility index (Phi) is 8.38. The van der Waals surface area contributed by atoms with Gasteiger partial charge < -0.3 is 14.8 Å². The van der Waals surface area contributed by atoms with Crippen molar-refractivity contribution in [3.05, 3.63) is 52.0 Å². The van der Waals surface area contributed by atoms with E-state index in [9.17, 15) is 9.59 Å². The number of hydrogen-bond acceptors (Lipinski definition) is 4. The van der Waals surface area contributed by atoms with Gasteiger partial charge in [0.25, 0.3) is 0 Å². The molecule has 34 heavy (non-hydrogen) atoms. The lowest BCUT2D eigenvalue weighted by atomic mass is 9.70. The molecule has 5 nitrogen and oxygen atoms in total. The molecule has 1 aliphatic carbocycles. The number of hydrogen-bond donors (Lipinski definition) is 1. The Morgan fingerprint density at radius 3 is 2.29 bits per heavy atom. The number of halogens is 2. The van der Waals surface area contributed by atoms with E-state index in [0.29, 0.717) is 34.9 Å². The molecule has 182 valence electrons. The molecule has 1 aliphatic heterocycles. The Hall–Kier alpha value is -2.24. The summed E-state index contributed by atoms with van der Waals surface area (Å²) in [5, 5.41) is 4.22. The fourth-order valence-electron chi connectivity index (χ4n) is 5.37. The predicted molar refractivity (Wildman–Crippen MR) is 134 cm³/mol. The van der Waals surface area contributed by atoms with Crippen molar-refractivity contribution in [2.24, 2.45) is 11.8 Å². The lowest BCUT2D eigenvalue weighted by Gasteiger charge is -2.34. The van der Waals surface area contributed by atoms with Crippen LogP contribution in [0.2, 0.25) is 10.0 Å². The first kappa shape index (κ1) is 24.9. The van der Waals surface area contributed by atoms with Gasteiger partial charge in [0.2, 0.25) is 5.91 Å². The molecule has 1 saturated heterocycles. The summed E-state index contributed by atoms with van der Waals surface area (Å²) in [6, 6.07) is 11.3. The lowest BCUT2D eigenvalue weighted by Crippen LogP contribution is -2.30. The van der Waals surface area contributed by atoms with Gasteiger partial charge in [0.05, 0.1) is 6.61 Å². The minimum absolute atomic E-state index is 0.0375. The standard InChI is InChI=1S/C27H31Cl2NO4/c1-2-33-24(31)16-34-20-10-8-17(9-11-20)19-14-22(28)26(23(29)15-19)25(18-6-4-3-5-7-18)21-12-13-30-27(21)32/h8-11,14-15,18,21,25H,2-7,12-13,16H2,1H3,(H,30,32). The zero-order valence-electron chi connectivity index (χ0n) is 19.4. The summed E-state index contributed by atoms with van der Waals surface area (Å²) in [4.78, 5) is 24.2. The maximum absolute atomic E-state index is 12.7. The van der Waals surface area contributed by atoms with Crippen LogP contribution in [0.4, 0.5) is 0 Å². The van der Waals surface area contributed by atoms with Crippen molar-refractivity contribution in [3.63, 3.8) is 0 Å². The summed E-state index contributed by atoms with van der Waals surface area (Å²) in [6.45, 7) is 2.67. The van der Waals surface area contributed by atoms with Gasteiger partial charge in [0, 0.05) is 28.4 Å². The van der Waals surface area contributed by atoms with Gasteiger partial charge in [-0.15, -0.1) is 0 Å². The molecule has 0 bridgehead atoms. The molecule has 0 spiro atoms. The molecule has 0 radical (unpaired) electrons. The number of carbonyl (C=O) groups is 2. The summed E-state index contributed by atoms with van der Waals surface area (Å²) in [5.41, 5.74) is 2.75. The normalized spacial score (nSPS) is 19.5. The van der Waals surface area contributed by atoms with Gasteiger partial charge in [-0.1, -0.05) is 54.6 Å². The first-order chi connectivity index (χ1) is 16.5. The Bertz CT molecular complexity index is 995. The van der Waals surface area contributed by atoms with E-state index in [-0.39, 0.29) is 24.3 Å². The van der Waals surface area contributed by atoms with Crippen molar-refractivity contribution in [1.82, 2.24) is 5.32 Å². The molecule has 2 aliphatic rings. The molecule has 0 aromatic heterocycles. The minimum atomic E-state index is -0.399. The van der Waals surface area contributed by atoms with Gasteiger partial charge in [0.1, 0.15) is 5.75 Å². The van der Waals surface area contributed by atoms with E-state index < -0.39 is 5.97 Å². The smallest absolute Gasteiger partial charge is 0.344 e. The lowest BCUT2D eigenvalue weighted by molar-refractivity contribution is -0.145. The summed E-state index contributed by atoms with van der Waals surface area (Å²) in [7, 11) is 0. The van der Waals surface area contributed by atoms with E-state index in [2.05, 4.69) is 5.32 Å². The van der Waals surface area contributed by atoms with Crippen LogP contribution in [0, 0.1) is 11.8 Å². The molecule has 2 unspecified atom stereocenters. The van der Waals surface area contributed by atoms with Crippen molar-refractivity contribution in [2.45, 2.75) is 51.4 Å².